The van der Waals surface area contributed by atoms with Crippen LogP contribution in [0.25, 0.3) is 11.0 Å². The average Bonchev–Trinajstić information content (AvgIpc) is 2.68. The topological polar surface area (TPSA) is 42.2 Å². The Kier molecular flexibility index (Phi) is 2.75. The number of benzene rings is 1. The number of carbonyl (C=O) groups excluding carboxylic acids is 1. The van der Waals surface area contributed by atoms with Gasteiger partial charge in [-0.15, -0.1) is 0 Å². The van der Waals surface area contributed by atoms with Gasteiger partial charge >= 0.3 is 0 Å². The number of hydrogen-bond donors (Lipinski definition) is 1. The Bertz CT molecular complexity index is 533. The van der Waals surface area contributed by atoms with E-state index in [4.69, 9.17) is 4.42 Å². The number of nitrogens with one attached hydrogen (secondary N) is 1. The summed E-state index contributed by atoms with van der Waals surface area (Å²) in [6.07, 6.45) is 1.04. The van der Waals surface area contributed by atoms with E-state index in [9.17, 15) is 9.18 Å². The van der Waals surface area contributed by atoms with E-state index in [2.05, 4.69) is 5.32 Å². The van der Waals surface area contributed by atoms with Crippen LogP contribution < -0.4 is 5.32 Å². The Morgan fingerprint density at radius 1 is 1.50 bits per heavy atom. The van der Waals surface area contributed by atoms with E-state index in [-0.39, 0.29) is 11.8 Å². The van der Waals surface area contributed by atoms with Crippen molar-refractivity contribution in [2.75, 3.05) is 7.05 Å². The molecular weight excluding hydrogens is 209 g/mol. The first-order chi connectivity index (χ1) is 7.63. The highest BCUT2D eigenvalue weighted by atomic mass is 19.1. The van der Waals surface area contributed by atoms with Gasteiger partial charge in [0.1, 0.15) is 11.8 Å². The van der Waals surface area contributed by atoms with Crippen LogP contribution in [0.15, 0.2) is 28.9 Å². The molecule has 0 amide bonds. The maximum atomic E-state index is 13.1. The highest BCUT2D eigenvalue weighted by Gasteiger charge is 2.15. The Morgan fingerprint density at radius 3 is 2.94 bits per heavy atom. The molecule has 0 spiro atoms. The summed E-state index contributed by atoms with van der Waals surface area (Å²) in [5, 5.41) is 3.26. The fourth-order valence-electron chi connectivity index (χ4n) is 1.53. The van der Waals surface area contributed by atoms with Crippen molar-refractivity contribution in [1.29, 1.82) is 0 Å². The Hall–Kier alpha value is -1.68. The second-order valence-corrected chi connectivity index (χ2v) is 3.67. The standard InChI is InChI=1S/C12H12FNO2/c1-7(14-2)12(15)8-3-4-9-10(13)6-16-11(9)5-8/h3-7,14H,1-2H3/t7-/m0/s1. The molecule has 0 aliphatic rings. The molecule has 1 aromatic carbocycles. The quantitative estimate of drug-likeness (QED) is 0.809. The van der Waals surface area contributed by atoms with Crippen molar-refractivity contribution in [2.45, 2.75) is 13.0 Å². The summed E-state index contributed by atoms with van der Waals surface area (Å²) >= 11 is 0. The minimum atomic E-state index is -0.407. The Balaban J connectivity index is 2.43. The molecule has 1 aromatic heterocycles. The molecular formula is C12H12FNO2. The van der Waals surface area contributed by atoms with Crippen molar-refractivity contribution in [3.63, 3.8) is 0 Å². The van der Waals surface area contributed by atoms with E-state index in [1.165, 1.54) is 0 Å². The summed E-state index contributed by atoms with van der Waals surface area (Å²) in [6.45, 7) is 1.77. The SMILES string of the molecule is CN[C@@H](C)C(=O)c1ccc2c(F)coc2c1. The van der Waals surface area contributed by atoms with Gasteiger partial charge in [0.15, 0.2) is 11.6 Å². The predicted molar refractivity (Wildman–Crippen MR) is 59.0 cm³/mol. The molecule has 0 radical (unpaired) electrons. The van der Waals surface area contributed by atoms with Gasteiger partial charge in [0, 0.05) is 5.56 Å². The molecule has 2 rings (SSSR count). The second kappa shape index (κ2) is 4.06. The van der Waals surface area contributed by atoms with Crippen LogP contribution in [0.4, 0.5) is 4.39 Å². The van der Waals surface area contributed by atoms with Gasteiger partial charge in [-0.25, -0.2) is 4.39 Å². The van der Waals surface area contributed by atoms with Gasteiger partial charge in [-0.05, 0) is 26.1 Å². The highest BCUT2D eigenvalue weighted by molar-refractivity contribution is 6.02. The molecule has 0 unspecified atom stereocenters. The zero-order valence-electron chi connectivity index (χ0n) is 9.08. The van der Waals surface area contributed by atoms with Crippen LogP contribution in [-0.2, 0) is 0 Å². The van der Waals surface area contributed by atoms with Crippen molar-refractivity contribution < 1.29 is 13.6 Å². The Labute approximate surface area is 92.2 Å². The lowest BCUT2D eigenvalue weighted by Crippen LogP contribution is -2.30. The molecule has 1 heterocycles. The van der Waals surface area contributed by atoms with Crippen LogP contribution in [0, 0.1) is 5.82 Å². The molecule has 2 aromatic rings. The van der Waals surface area contributed by atoms with Gasteiger partial charge in [-0.3, -0.25) is 4.79 Å². The number of ketones is 1. The van der Waals surface area contributed by atoms with Crippen LogP contribution in [0.1, 0.15) is 17.3 Å². The first-order valence-corrected chi connectivity index (χ1v) is 5.01. The van der Waals surface area contributed by atoms with Crippen molar-refractivity contribution in [3.8, 4) is 0 Å². The van der Waals surface area contributed by atoms with Crippen LogP contribution >= 0.6 is 0 Å². The van der Waals surface area contributed by atoms with Crippen LogP contribution in [-0.4, -0.2) is 18.9 Å². The molecule has 16 heavy (non-hydrogen) atoms. The van der Waals surface area contributed by atoms with E-state index in [0.29, 0.717) is 16.5 Å². The lowest BCUT2D eigenvalue weighted by Gasteiger charge is -2.08. The monoisotopic (exact) mass is 221 g/mol. The van der Waals surface area contributed by atoms with Crippen molar-refractivity contribution in [3.05, 3.63) is 35.8 Å². The molecule has 0 aliphatic carbocycles. The number of fused-ring (bicyclic) bond motifs is 1. The lowest BCUT2D eigenvalue weighted by atomic mass is 10.0. The van der Waals surface area contributed by atoms with E-state index in [0.717, 1.165) is 6.26 Å². The van der Waals surface area contributed by atoms with Gasteiger partial charge < -0.3 is 9.73 Å². The summed E-state index contributed by atoms with van der Waals surface area (Å²) in [5.74, 6) is -0.447. The van der Waals surface area contributed by atoms with Gasteiger partial charge in [-0.2, -0.15) is 0 Å². The molecule has 3 nitrogen and oxygen atoms in total. The number of carbonyl (C=O) groups is 1. The van der Waals surface area contributed by atoms with E-state index < -0.39 is 5.82 Å². The zero-order chi connectivity index (χ0) is 11.7. The van der Waals surface area contributed by atoms with E-state index >= 15 is 0 Å². The molecule has 0 aliphatic heterocycles. The molecule has 0 saturated heterocycles. The molecule has 0 bridgehead atoms. The number of Topliss-reactive ketones (excluding diaryl/α,β-unsaturated/α-hetero) is 1. The van der Waals surface area contributed by atoms with Crippen molar-refractivity contribution in [2.24, 2.45) is 0 Å². The number of furan rings is 1. The number of halogens is 1. The first-order valence-electron chi connectivity index (χ1n) is 5.01. The minimum Gasteiger partial charge on any atom is -0.461 e. The molecule has 0 fully saturated rings. The maximum absolute atomic E-state index is 13.1. The third-order valence-electron chi connectivity index (χ3n) is 2.64. The second-order valence-electron chi connectivity index (χ2n) is 3.67. The molecule has 84 valence electrons. The van der Waals surface area contributed by atoms with Crippen LogP contribution in [0.3, 0.4) is 0 Å². The largest absolute Gasteiger partial charge is 0.461 e. The first kappa shape index (κ1) is 10.8. The van der Waals surface area contributed by atoms with Gasteiger partial charge in [0.2, 0.25) is 0 Å². The fraction of sp³-hybridized carbons (Fsp3) is 0.250. The van der Waals surface area contributed by atoms with Crippen LogP contribution in [0.2, 0.25) is 0 Å². The predicted octanol–water partition coefficient (Wildman–Crippen LogP) is 2.36. The third-order valence-corrected chi connectivity index (χ3v) is 2.64. The number of hydrogen-bond acceptors (Lipinski definition) is 3. The summed E-state index contributed by atoms with van der Waals surface area (Å²) in [5.41, 5.74) is 0.912. The lowest BCUT2D eigenvalue weighted by molar-refractivity contribution is 0.0955. The maximum Gasteiger partial charge on any atom is 0.179 e. The van der Waals surface area contributed by atoms with Gasteiger partial charge in [0.05, 0.1) is 11.4 Å². The molecule has 1 N–H and O–H groups in total. The van der Waals surface area contributed by atoms with E-state index in [1.54, 1.807) is 32.2 Å². The fourth-order valence-corrected chi connectivity index (χ4v) is 1.53. The highest BCUT2D eigenvalue weighted by Crippen LogP contribution is 2.21. The van der Waals surface area contributed by atoms with E-state index in [1.807, 2.05) is 0 Å². The normalized spacial score (nSPS) is 12.9. The van der Waals surface area contributed by atoms with Gasteiger partial charge in [0.25, 0.3) is 0 Å². The zero-order valence-corrected chi connectivity index (χ0v) is 9.08. The molecule has 1 atom stereocenters. The third kappa shape index (κ3) is 1.72. The Morgan fingerprint density at radius 2 is 2.25 bits per heavy atom. The van der Waals surface area contributed by atoms with Gasteiger partial charge in [-0.1, -0.05) is 6.07 Å². The summed E-state index contributed by atoms with van der Waals surface area (Å²) in [7, 11) is 1.72. The average molecular weight is 221 g/mol. The number of rotatable bonds is 3. The molecule has 0 saturated carbocycles. The van der Waals surface area contributed by atoms with Crippen LogP contribution in [0.5, 0.6) is 0 Å². The van der Waals surface area contributed by atoms with Crippen molar-refractivity contribution in [1.82, 2.24) is 5.32 Å². The summed E-state index contributed by atoms with van der Waals surface area (Å²) < 4.78 is 18.1. The minimum absolute atomic E-state index is 0.0405. The summed E-state index contributed by atoms with van der Waals surface area (Å²) in [4.78, 5) is 11.8. The molecule has 4 heteroatoms. The summed E-state index contributed by atoms with van der Waals surface area (Å²) in [6, 6.07) is 4.47. The smallest absolute Gasteiger partial charge is 0.179 e. The van der Waals surface area contributed by atoms with Crippen molar-refractivity contribution >= 4 is 16.8 Å². The number of likely N-dealkylation sites (N-methyl/N-ethyl adjacent to an activating group) is 1.